The molecule has 0 saturated heterocycles. The van der Waals surface area contributed by atoms with Crippen molar-refractivity contribution >= 4 is 21.6 Å². The molecular weight excluding hydrogens is 307 g/mol. The molecule has 1 aromatic carbocycles. The van der Waals surface area contributed by atoms with Crippen LogP contribution in [0.3, 0.4) is 0 Å². The van der Waals surface area contributed by atoms with Gasteiger partial charge in [-0.1, -0.05) is 19.1 Å². The molecular formula is C15H21FN2O3S. The van der Waals surface area contributed by atoms with Crippen LogP contribution in [0.2, 0.25) is 0 Å². The van der Waals surface area contributed by atoms with Crippen molar-refractivity contribution in [2.45, 2.75) is 31.6 Å². The quantitative estimate of drug-likeness (QED) is 0.756. The Morgan fingerprint density at radius 1 is 1.45 bits per heavy atom. The summed E-state index contributed by atoms with van der Waals surface area (Å²) in [5.41, 5.74) is 0.340. The van der Waals surface area contributed by atoms with Crippen molar-refractivity contribution in [3.05, 3.63) is 42.2 Å². The van der Waals surface area contributed by atoms with Gasteiger partial charge in [0.25, 0.3) is 0 Å². The number of rotatable bonds is 7. The zero-order valence-corrected chi connectivity index (χ0v) is 13.5. The van der Waals surface area contributed by atoms with Crippen LogP contribution in [0.15, 0.2) is 30.9 Å². The molecule has 7 heteroatoms. The summed E-state index contributed by atoms with van der Waals surface area (Å²) in [6.45, 7) is 5.56. The summed E-state index contributed by atoms with van der Waals surface area (Å²) in [6.07, 6.45) is 4.15. The molecule has 0 fully saturated rings. The molecule has 122 valence electrons. The first-order valence-electron chi connectivity index (χ1n) is 6.89. The highest BCUT2D eigenvalue weighted by Crippen LogP contribution is 2.16. The number of carbonyl (C=O) groups excluding carboxylic acids is 1. The van der Waals surface area contributed by atoms with Crippen molar-refractivity contribution in [3.63, 3.8) is 0 Å². The Kier molecular flexibility index (Phi) is 6.55. The van der Waals surface area contributed by atoms with Crippen LogP contribution in [0.1, 0.15) is 25.3 Å². The first-order chi connectivity index (χ1) is 10.2. The van der Waals surface area contributed by atoms with Gasteiger partial charge in [-0.15, -0.1) is 6.58 Å². The number of carbonyl (C=O) groups is 1. The number of urea groups is 1. The smallest absolute Gasteiger partial charge is 0.319 e. The lowest BCUT2D eigenvalue weighted by Crippen LogP contribution is -2.37. The Hall–Kier alpha value is -1.89. The standard InChI is InChI=1S/C15H21FN2O3S/c1-4-6-12(5-2)17-15(19)18-13-8-7-11(14(16)9-13)10-22(3,20)21/h4,7-9,12H,1,5-6,10H2,2-3H3,(H2,17,18,19)/t12-/m0/s1. The lowest BCUT2D eigenvalue weighted by molar-refractivity contribution is 0.248. The third-order valence-electron chi connectivity index (χ3n) is 3.01. The second kappa shape index (κ2) is 7.93. The largest absolute Gasteiger partial charge is 0.335 e. The minimum absolute atomic E-state index is 0.0353. The topological polar surface area (TPSA) is 75.3 Å². The van der Waals surface area contributed by atoms with E-state index in [-0.39, 0.29) is 23.0 Å². The number of hydrogen-bond donors (Lipinski definition) is 2. The predicted octanol–water partition coefficient (Wildman–Crippen LogP) is 2.85. The highest BCUT2D eigenvalue weighted by molar-refractivity contribution is 7.89. The molecule has 0 spiro atoms. The van der Waals surface area contributed by atoms with Gasteiger partial charge in [-0.25, -0.2) is 17.6 Å². The van der Waals surface area contributed by atoms with Gasteiger partial charge in [-0.05, 0) is 25.0 Å². The summed E-state index contributed by atoms with van der Waals surface area (Å²) in [7, 11) is -3.31. The third-order valence-corrected chi connectivity index (χ3v) is 3.84. The zero-order valence-electron chi connectivity index (χ0n) is 12.7. The van der Waals surface area contributed by atoms with Gasteiger partial charge >= 0.3 is 6.03 Å². The number of hydrogen-bond acceptors (Lipinski definition) is 3. The molecule has 0 unspecified atom stereocenters. The highest BCUT2D eigenvalue weighted by atomic mass is 32.2. The lowest BCUT2D eigenvalue weighted by atomic mass is 10.1. The van der Waals surface area contributed by atoms with Crippen LogP contribution in [-0.2, 0) is 15.6 Å². The molecule has 0 aromatic heterocycles. The number of amides is 2. The van der Waals surface area contributed by atoms with Gasteiger partial charge in [0, 0.05) is 23.5 Å². The Balaban J connectivity index is 2.72. The summed E-state index contributed by atoms with van der Waals surface area (Å²) in [5, 5.41) is 5.27. The van der Waals surface area contributed by atoms with Crippen LogP contribution < -0.4 is 10.6 Å². The fourth-order valence-electron chi connectivity index (χ4n) is 1.91. The Morgan fingerprint density at radius 3 is 2.64 bits per heavy atom. The first kappa shape index (κ1) is 18.2. The molecule has 2 N–H and O–H groups in total. The first-order valence-corrected chi connectivity index (χ1v) is 8.95. The summed E-state index contributed by atoms with van der Waals surface area (Å²) in [5.74, 6) is -1.04. The monoisotopic (exact) mass is 328 g/mol. The molecule has 1 aromatic rings. The van der Waals surface area contributed by atoms with Crippen LogP contribution in [0.4, 0.5) is 14.9 Å². The third kappa shape index (κ3) is 6.26. The van der Waals surface area contributed by atoms with Crippen LogP contribution in [-0.4, -0.2) is 26.7 Å². The maximum atomic E-state index is 13.8. The van der Waals surface area contributed by atoms with E-state index in [4.69, 9.17) is 0 Å². The lowest BCUT2D eigenvalue weighted by Gasteiger charge is -2.16. The van der Waals surface area contributed by atoms with Gasteiger partial charge in [-0.2, -0.15) is 0 Å². The highest BCUT2D eigenvalue weighted by Gasteiger charge is 2.12. The van der Waals surface area contributed by atoms with E-state index >= 15 is 0 Å². The molecule has 0 heterocycles. The molecule has 0 aliphatic rings. The van der Waals surface area contributed by atoms with E-state index in [1.165, 1.54) is 12.1 Å². The second-order valence-electron chi connectivity index (χ2n) is 5.10. The van der Waals surface area contributed by atoms with E-state index in [0.717, 1.165) is 18.7 Å². The van der Waals surface area contributed by atoms with E-state index in [0.29, 0.717) is 6.42 Å². The number of anilines is 1. The SMILES string of the molecule is C=CC[C@H](CC)NC(=O)Nc1ccc(CS(C)(=O)=O)c(F)c1. The molecule has 0 bridgehead atoms. The zero-order chi connectivity index (χ0) is 16.8. The van der Waals surface area contributed by atoms with E-state index < -0.39 is 21.7 Å². The van der Waals surface area contributed by atoms with E-state index in [2.05, 4.69) is 17.2 Å². The Bertz CT molecular complexity index is 644. The molecule has 2 amide bonds. The van der Waals surface area contributed by atoms with Gasteiger partial charge in [0.15, 0.2) is 9.84 Å². The summed E-state index contributed by atoms with van der Waals surface area (Å²) in [6, 6.07) is 3.45. The Labute approximate surface area is 130 Å². The normalized spacial score (nSPS) is 12.5. The number of nitrogens with one attached hydrogen (secondary N) is 2. The van der Waals surface area contributed by atoms with E-state index in [1.807, 2.05) is 6.92 Å². The Morgan fingerprint density at radius 2 is 2.14 bits per heavy atom. The second-order valence-corrected chi connectivity index (χ2v) is 7.24. The number of halogens is 1. The van der Waals surface area contributed by atoms with Gasteiger partial charge < -0.3 is 10.6 Å². The van der Waals surface area contributed by atoms with Crippen LogP contribution in [0.25, 0.3) is 0 Å². The van der Waals surface area contributed by atoms with Crippen LogP contribution in [0.5, 0.6) is 0 Å². The molecule has 0 aliphatic carbocycles. The average Bonchev–Trinajstić information content (AvgIpc) is 2.40. The van der Waals surface area contributed by atoms with E-state index in [1.54, 1.807) is 6.08 Å². The molecule has 1 rings (SSSR count). The maximum absolute atomic E-state index is 13.8. The van der Waals surface area contributed by atoms with Gasteiger partial charge in [0.05, 0.1) is 5.75 Å². The fraction of sp³-hybridized carbons (Fsp3) is 0.400. The number of sulfone groups is 1. The minimum Gasteiger partial charge on any atom is -0.335 e. The van der Waals surface area contributed by atoms with Gasteiger partial charge in [0.1, 0.15) is 5.82 Å². The van der Waals surface area contributed by atoms with Crippen LogP contribution >= 0.6 is 0 Å². The van der Waals surface area contributed by atoms with Crippen LogP contribution in [0, 0.1) is 5.82 Å². The van der Waals surface area contributed by atoms with Gasteiger partial charge in [-0.3, -0.25) is 0 Å². The van der Waals surface area contributed by atoms with Crippen molar-refractivity contribution in [2.75, 3.05) is 11.6 Å². The van der Waals surface area contributed by atoms with E-state index in [9.17, 15) is 17.6 Å². The minimum atomic E-state index is -3.31. The van der Waals surface area contributed by atoms with Crippen molar-refractivity contribution in [1.29, 1.82) is 0 Å². The molecule has 5 nitrogen and oxygen atoms in total. The van der Waals surface area contributed by atoms with Gasteiger partial charge in [0.2, 0.25) is 0 Å². The molecule has 22 heavy (non-hydrogen) atoms. The van der Waals surface area contributed by atoms with Crippen molar-refractivity contribution in [1.82, 2.24) is 5.32 Å². The summed E-state index contributed by atoms with van der Waals surface area (Å²) < 4.78 is 36.2. The molecule has 0 radical (unpaired) electrons. The maximum Gasteiger partial charge on any atom is 0.319 e. The van der Waals surface area contributed by atoms with Crippen molar-refractivity contribution in [2.24, 2.45) is 0 Å². The van der Waals surface area contributed by atoms with Crippen molar-refractivity contribution < 1.29 is 17.6 Å². The summed E-state index contributed by atoms with van der Waals surface area (Å²) >= 11 is 0. The summed E-state index contributed by atoms with van der Waals surface area (Å²) in [4.78, 5) is 11.8. The molecule has 0 aliphatic heterocycles. The predicted molar refractivity (Wildman–Crippen MR) is 86.0 cm³/mol. The average molecular weight is 328 g/mol. The fourth-order valence-corrected chi connectivity index (χ4v) is 2.71. The molecule has 1 atom stereocenters. The number of benzene rings is 1. The van der Waals surface area contributed by atoms with Crippen molar-refractivity contribution in [3.8, 4) is 0 Å². The molecule has 0 saturated carbocycles.